The fraction of sp³-hybridized carbons (Fsp3) is 0.292. The van der Waals surface area contributed by atoms with Crippen molar-refractivity contribution >= 4 is 17.9 Å². The molecular formula is C24H25FN4O2. The van der Waals surface area contributed by atoms with Gasteiger partial charge < -0.3 is 10.4 Å². The quantitative estimate of drug-likeness (QED) is 0.568. The molecule has 1 atom stereocenters. The maximum atomic E-state index is 13.6. The molecule has 1 aliphatic heterocycles. The van der Waals surface area contributed by atoms with Gasteiger partial charge >= 0.3 is 5.97 Å². The number of anilines is 1. The predicted octanol–water partition coefficient (Wildman–Crippen LogP) is 4.29. The number of aromatic nitrogens is 3. The van der Waals surface area contributed by atoms with E-state index >= 15 is 0 Å². The Morgan fingerprint density at radius 1 is 1.32 bits per heavy atom. The molecular weight excluding hydrogens is 395 g/mol. The Bertz CT molecular complexity index is 1090. The zero-order chi connectivity index (χ0) is 21.6. The summed E-state index contributed by atoms with van der Waals surface area (Å²) < 4.78 is 15.3. The minimum Gasteiger partial charge on any atom is -0.481 e. The summed E-state index contributed by atoms with van der Waals surface area (Å²) >= 11 is 0. The van der Waals surface area contributed by atoms with Crippen molar-refractivity contribution in [2.75, 3.05) is 11.9 Å². The third kappa shape index (κ3) is 5.57. The van der Waals surface area contributed by atoms with E-state index in [1.807, 2.05) is 18.3 Å². The van der Waals surface area contributed by atoms with E-state index in [0.717, 1.165) is 36.5 Å². The number of benzene rings is 1. The molecule has 0 bridgehead atoms. The average Bonchev–Trinajstić information content (AvgIpc) is 3.20. The number of rotatable bonds is 8. The van der Waals surface area contributed by atoms with Gasteiger partial charge in [-0.05, 0) is 42.2 Å². The van der Waals surface area contributed by atoms with Gasteiger partial charge in [-0.25, -0.2) is 9.37 Å². The fourth-order valence-electron chi connectivity index (χ4n) is 3.85. The van der Waals surface area contributed by atoms with Crippen molar-refractivity contribution in [3.8, 4) is 0 Å². The predicted molar refractivity (Wildman–Crippen MR) is 117 cm³/mol. The van der Waals surface area contributed by atoms with Gasteiger partial charge in [0, 0.05) is 42.9 Å². The standard InChI is InChI=1S/C24H25FN4O2/c25-21-7-2-5-19(12-21)20(13-23(30)31)16-29-15-17(14-27-29)4-1-8-22-10-9-18-6-3-11-26-24(18)28-22/h1-2,4-5,7,9-10,12,14-15,20H,3,6,8,11,13,16H2,(H,26,28)(H,30,31). The van der Waals surface area contributed by atoms with Gasteiger partial charge in [0.25, 0.3) is 0 Å². The summed E-state index contributed by atoms with van der Waals surface area (Å²) in [7, 11) is 0. The van der Waals surface area contributed by atoms with Gasteiger partial charge in [0.05, 0.1) is 12.6 Å². The molecule has 3 aromatic rings. The second kappa shape index (κ2) is 9.55. The van der Waals surface area contributed by atoms with E-state index < -0.39 is 5.97 Å². The monoisotopic (exact) mass is 420 g/mol. The van der Waals surface area contributed by atoms with Crippen molar-refractivity contribution in [1.82, 2.24) is 14.8 Å². The number of aliphatic carboxylic acids is 1. The van der Waals surface area contributed by atoms with Crippen LogP contribution in [0.3, 0.4) is 0 Å². The van der Waals surface area contributed by atoms with Gasteiger partial charge in [0.15, 0.2) is 0 Å². The lowest BCUT2D eigenvalue weighted by atomic mass is 9.95. The van der Waals surface area contributed by atoms with Gasteiger partial charge in [-0.15, -0.1) is 0 Å². The van der Waals surface area contributed by atoms with E-state index in [1.165, 1.54) is 17.7 Å². The van der Waals surface area contributed by atoms with Crippen molar-refractivity contribution in [3.63, 3.8) is 0 Å². The van der Waals surface area contributed by atoms with Crippen LogP contribution in [0.15, 0.2) is 54.9 Å². The van der Waals surface area contributed by atoms with Crippen molar-refractivity contribution in [3.05, 3.63) is 83.1 Å². The summed E-state index contributed by atoms with van der Waals surface area (Å²) in [5, 5.41) is 16.9. The molecule has 0 saturated heterocycles. The Morgan fingerprint density at radius 2 is 2.23 bits per heavy atom. The number of allylic oxidation sites excluding steroid dienone is 1. The van der Waals surface area contributed by atoms with Crippen LogP contribution in [0.2, 0.25) is 0 Å². The molecule has 2 aromatic heterocycles. The second-order valence-electron chi connectivity index (χ2n) is 7.79. The molecule has 0 radical (unpaired) electrons. The second-order valence-corrected chi connectivity index (χ2v) is 7.79. The van der Waals surface area contributed by atoms with Crippen molar-refractivity contribution < 1.29 is 14.3 Å². The molecule has 1 unspecified atom stereocenters. The van der Waals surface area contributed by atoms with Gasteiger partial charge in [-0.3, -0.25) is 9.48 Å². The smallest absolute Gasteiger partial charge is 0.304 e. The molecule has 6 nitrogen and oxygen atoms in total. The number of carboxylic acid groups (broad SMARTS) is 1. The molecule has 0 amide bonds. The number of fused-ring (bicyclic) bond motifs is 1. The minimum atomic E-state index is -0.923. The highest BCUT2D eigenvalue weighted by Crippen LogP contribution is 2.23. The molecule has 0 aliphatic carbocycles. The van der Waals surface area contributed by atoms with Gasteiger partial charge in [-0.1, -0.05) is 30.4 Å². The molecule has 3 heterocycles. The van der Waals surface area contributed by atoms with Crippen molar-refractivity contribution in [1.29, 1.82) is 0 Å². The summed E-state index contributed by atoms with van der Waals surface area (Å²) in [6.45, 7) is 1.33. The summed E-state index contributed by atoms with van der Waals surface area (Å²) in [5.41, 5.74) is 3.85. The minimum absolute atomic E-state index is 0.0908. The highest BCUT2D eigenvalue weighted by molar-refractivity contribution is 5.68. The summed E-state index contributed by atoms with van der Waals surface area (Å²) in [6, 6.07) is 10.3. The van der Waals surface area contributed by atoms with Crippen LogP contribution in [-0.2, 0) is 24.2 Å². The Morgan fingerprint density at radius 3 is 3.06 bits per heavy atom. The van der Waals surface area contributed by atoms with Gasteiger partial charge in [0.2, 0.25) is 0 Å². The zero-order valence-electron chi connectivity index (χ0n) is 17.2. The highest BCUT2D eigenvalue weighted by atomic mass is 19.1. The molecule has 1 aromatic carbocycles. The first-order valence-corrected chi connectivity index (χ1v) is 10.5. The lowest BCUT2D eigenvalue weighted by Crippen LogP contribution is -2.14. The van der Waals surface area contributed by atoms with E-state index in [0.29, 0.717) is 18.5 Å². The van der Waals surface area contributed by atoms with Crippen LogP contribution in [0.4, 0.5) is 10.2 Å². The van der Waals surface area contributed by atoms with Gasteiger partial charge in [0.1, 0.15) is 11.6 Å². The van der Waals surface area contributed by atoms with Crippen LogP contribution in [-0.4, -0.2) is 32.4 Å². The third-order valence-corrected chi connectivity index (χ3v) is 5.39. The topological polar surface area (TPSA) is 80.0 Å². The number of nitrogens with one attached hydrogen (secondary N) is 1. The zero-order valence-corrected chi connectivity index (χ0v) is 17.2. The maximum Gasteiger partial charge on any atom is 0.304 e. The largest absolute Gasteiger partial charge is 0.481 e. The molecule has 31 heavy (non-hydrogen) atoms. The van der Waals surface area contributed by atoms with Crippen molar-refractivity contribution in [2.45, 2.75) is 38.1 Å². The SMILES string of the molecule is O=C(O)CC(Cn1cc(C=CCc2ccc3c(n2)NCCC3)cn1)c1cccc(F)c1. The van der Waals surface area contributed by atoms with Crippen molar-refractivity contribution in [2.24, 2.45) is 0 Å². The van der Waals surface area contributed by atoms with E-state index in [1.54, 1.807) is 23.0 Å². The third-order valence-electron chi connectivity index (χ3n) is 5.39. The number of aryl methyl sites for hydroxylation is 1. The van der Waals surface area contributed by atoms with Crippen LogP contribution in [0.1, 0.15) is 41.1 Å². The highest BCUT2D eigenvalue weighted by Gasteiger charge is 2.17. The van der Waals surface area contributed by atoms with Gasteiger partial charge in [-0.2, -0.15) is 5.10 Å². The summed E-state index contributed by atoms with van der Waals surface area (Å²) in [6.07, 6.45) is 10.5. The molecule has 7 heteroatoms. The lowest BCUT2D eigenvalue weighted by molar-refractivity contribution is -0.137. The number of hydrogen-bond acceptors (Lipinski definition) is 4. The molecule has 160 valence electrons. The maximum absolute atomic E-state index is 13.6. The number of carboxylic acids is 1. The van der Waals surface area contributed by atoms with Crippen LogP contribution in [0.5, 0.6) is 0 Å². The van der Waals surface area contributed by atoms with Crippen LogP contribution in [0, 0.1) is 5.82 Å². The van der Waals surface area contributed by atoms with E-state index in [2.05, 4.69) is 27.5 Å². The lowest BCUT2D eigenvalue weighted by Gasteiger charge is -2.17. The Hall–Kier alpha value is -3.48. The number of nitrogens with zero attached hydrogens (tertiary/aromatic N) is 3. The Balaban J connectivity index is 1.40. The number of carbonyl (C=O) groups is 1. The molecule has 1 aliphatic rings. The number of halogens is 1. The molecule has 4 rings (SSSR count). The number of pyridine rings is 1. The normalized spacial score (nSPS) is 14.2. The average molecular weight is 420 g/mol. The first-order valence-electron chi connectivity index (χ1n) is 10.5. The molecule has 0 saturated carbocycles. The molecule has 0 spiro atoms. The summed E-state index contributed by atoms with van der Waals surface area (Å²) in [5.74, 6) is -0.666. The van der Waals surface area contributed by atoms with E-state index in [9.17, 15) is 14.3 Å². The van der Waals surface area contributed by atoms with Crippen LogP contribution < -0.4 is 5.32 Å². The first-order chi connectivity index (χ1) is 15.1. The molecule has 0 fully saturated rings. The summed E-state index contributed by atoms with van der Waals surface area (Å²) in [4.78, 5) is 16.0. The van der Waals surface area contributed by atoms with Crippen LogP contribution >= 0.6 is 0 Å². The first kappa shape index (κ1) is 20.8. The van der Waals surface area contributed by atoms with Crippen LogP contribution in [0.25, 0.3) is 6.08 Å². The Labute approximate surface area is 180 Å². The Kier molecular flexibility index (Phi) is 6.40. The fourth-order valence-corrected chi connectivity index (χ4v) is 3.85. The van der Waals surface area contributed by atoms with E-state index in [4.69, 9.17) is 0 Å². The molecule has 2 N–H and O–H groups in total. The van der Waals surface area contributed by atoms with E-state index in [-0.39, 0.29) is 18.2 Å². The number of hydrogen-bond donors (Lipinski definition) is 2.